The van der Waals surface area contributed by atoms with Crippen molar-refractivity contribution in [1.82, 2.24) is 0 Å². The zero-order valence-corrected chi connectivity index (χ0v) is 11.5. The molecule has 1 saturated carbocycles. The Morgan fingerprint density at radius 2 is 1.81 bits per heavy atom. The van der Waals surface area contributed by atoms with Gasteiger partial charge >= 0.3 is 0 Å². The average molecular weight is 277 g/mol. The number of nitrogens with two attached hydrogens (primary N) is 1. The lowest BCUT2D eigenvalue weighted by Crippen LogP contribution is -2.28. The Balaban J connectivity index is 1.86. The van der Waals surface area contributed by atoms with Crippen LogP contribution in [0.1, 0.15) is 24.0 Å². The zero-order valence-electron chi connectivity index (χ0n) is 11.5. The van der Waals surface area contributed by atoms with Crippen molar-refractivity contribution < 1.29 is 4.79 Å². The van der Waals surface area contributed by atoms with Gasteiger partial charge in [-0.15, -0.1) is 0 Å². The fourth-order valence-electron chi connectivity index (χ4n) is 2.51. The molecule has 0 unspecified atom stereocenters. The molecule has 2 aromatic carbocycles. The quantitative estimate of drug-likeness (QED) is 0.847. The van der Waals surface area contributed by atoms with Crippen LogP contribution in [-0.2, 0) is 10.2 Å². The van der Waals surface area contributed by atoms with Crippen LogP contribution < -0.4 is 11.1 Å². The molecule has 3 N–H and O–H groups in total. The van der Waals surface area contributed by atoms with Gasteiger partial charge in [-0.25, -0.2) is 0 Å². The molecule has 0 radical (unpaired) electrons. The highest BCUT2D eigenvalue weighted by molar-refractivity contribution is 6.02. The molecule has 0 spiro atoms. The van der Waals surface area contributed by atoms with Crippen LogP contribution in [0, 0.1) is 11.3 Å². The van der Waals surface area contributed by atoms with Crippen molar-refractivity contribution >= 4 is 17.3 Å². The van der Waals surface area contributed by atoms with Crippen LogP contribution in [0.3, 0.4) is 0 Å². The molecule has 1 amide bonds. The second-order valence-corrected chi connectivity index (χ2v) is 5.32. The van der Waals surface area contributed by atoms with E-state index in [-0.39, 0.29) is 5.91 Å². The van der Waals surface area contributed by atoms with E-state index in [1.807, 2.05) is 24.3 Å². The normalized spacial score (nSPS) is 15.0. The average Bonchev–Trinajstić information content (AvgIpc) is 3.30. The number of nitrogen functional groups attached to an aromatic ring is 1. The van der Waals surface area contributed by atoms with Crippen LogP contribution in [0.15, 0.2) is 48.5 Å². The van der Waals surface area contributed by atoms with Crippen molar-refractivity contribution in [3.63, 3.8) is 0 Å². The molecule has 3 rings (SSSR count). The van der Waals surface area contributed by atoms with Gasteiger partial charge in [0.25, 0.3) is 0 Å². The number of carbonyl (C=O) groups is 1. The molecule has 0 aromatic heterocycles. The molecule has 0 heterocycles. The molecule has 0 atom stereocenters. The number of hydrogen-bond acceptors (Lipinski definition) is 3. The van der Waals surface area contributed by atoms with E-state index < -0.39 is 5.41 Å². The lowest BCUT2D eigenvalue weighted by atomic mass is 9.94. The maximum atomic E-state index is 12.6. The van der Waals surface area contributed by atoms with Gasteiger partial charge in [0.15, 0.2) is 0 Å². The fraction of sp³-hybridized carbons (Fsp3) is 0.176. The summed E-state index contributed by atoms with van der Waals surface area (Å²) in [6, 6.07) is 16.5. The smallest absolute Gasteiger partial charge is 0.235 e. The predicted molar refractivity (Wildman–Crippen MR) is 81.6 cm³/mol. The van der Waals surface area contributed by atoms with E-state index in [4.69, 9.17) is 11.0 Å². The number of hydrogen-bond donors (Lipinski definition) is 2. The maximum Gasteiger partial charge on any atom is 0.235 e. The molecule has 0 aliphatic heterocycles. The second kappa shape index (κ2) is 4.95. The minimum Gasteiger partial charge on any atom is -0.399 e. The van der Waals surface area contributed by atoms with Crippen LogP contribution in [0.25, 0.3) is 0 Å². The first-order chi connectivity index (χ1) is 10.2. The number of nitriles is 1. The van der Waals surface area contributed by atoms with Gasteiger partial charge in [0.2, 0.25) is 5.91 Å². The summed E-state index contributed by atoms with van der Waals surface area (Å²) in [4.78, 5) is 12.6. The van der Waals surface area contributed by atoms with Gasteiger partial charge in [-0.3, -0.25) is 4.79 Å². The Labute approximate surface area is 123 Å². The van der Waals surface area contributed by atoms with Crippen LogP contribution in [0.2, 0.25) is 0 Å². The standard InChI is InChI=1S/C17H15N3O/c18-11-12-3-1-2-4-15(12)20-16(21)17(9-10-17)13-5-7-14(19)8-6-13/h1-8H,9-10,19H2,(H,20,21). The van der Waals surface area contributed by atoms with E-state index in [0.29, 0.717) is 16.9 Å². The Bertz CT molecular complexity index is 724. The van der Waals surface area contributed by atoms with Crippen molar-refractivity contribution in [3.05, 3.63) is 59.7 Å². The first kappa shape index (κ1) is 13.2. The molecule has 1 fully saturated rings. The summed E-state index contributed by atoms with van der Waals surface area (Å²) >= 11 is 0. The molecular formula is C17H15N3O. The number of benzene rings is 2. The molecule has 2 aromatic rings. The molecule has 104 valence electrons. The van der Waals surface area contributed by atoms with E-state index in [1.165, 1.54) is 0 Å². The first-order valence-electron chi connectivity index (χ1n) is 6.82. The Kier molecular flexibility index (Phi) is 3.11. The highest BCUT2D eigenvalue weighted by Gasteiger charge is 2.51. The van der Waals surface area contributed by atoms with Crippen molar-refractivity contribution in [2.45, 2.75) is 18.3 Å². The number of para-hydroxylation sites is 1. The van der Waals surface area contributed by atoms with Crippen molar-refractivity contribution in [1.29, 1.82) is 5.26 Å². The minimum absolute atomic E-state index is 0.0602. The van der Waals surface area contributed by atoms with Gasteiger partial charge in [0.05, 0.1) is 16.7 Å². The van der Waals surface area contributed by atoms with Crippen LogP contribution >= 0.6 is 0 Å². The Hall–Kier alpha value is -2.80. The van der Waals surface area contributed by atoms with Gasteiger partial charge in [0, 0.05) is 5.69 Å². The van der Waals surface area contributed by atoms with Crippen LogP contribution in [0.5, 0.6) is 0 Å². The van der Waals surface area contributed by atoms with Gasteiger partial charge in [-0.2, -0.15) is 5.26 Å². The number of carbonyl (C=O) groups excluding carboxylic acids is 1. The minimum atomic E-state index is -0.476. The molecule has 4 heteroatoms. The largest absolute Gasteiger partial charge is 0.399 e. The van der Waals surface area contributed by atoms with E-state index in [0.717, 1.165) is 18.4 Å². The number of amides is 1. The van der Waals surface area contributed by atoms with Crippen LogP contribution in [0.4, 0.5) is 11.4 Å². The van der Waals surface area contributed by atoms with Crippen molar-refractivity contribution in [2.75, 3.05) is 11.1 Å². The van der Waals surface area contributed by atoms with E-state index in [1.54, 1.807) is 24.3 Å². The SMILES string of the molecule is N#Cc1ccccc1NC(=O)C1(c2ccc(N)cc2)CC1. The Morgan fingerprint density at radius 1 is 1.14 bits per heavy atom. The molecule has 0 bridgehead atoms. The Morgan fingerprint density at radius 3 is 2.43 bits per heavy atom. The predicted octanol–water partition coefficient (Wildman–Crippen LogP) is 2.81. The van der Waals surface area contributed by atoms with E-state index >= 15 is 0 Å². The second-order valence-electron chi connectivity index (χ2n) is 5.32. The van der Waals surface area contributed by atoms with Crippen molar-refractivity contribution in [3.8, 4) is 6.07 Å². The number of nitrogens with one attached hydrogen (secondary N) is 1. The third kappa shape index (κ3) is 2.34. The van der Waals surface area contributed by atoms with Crippen molar-refractivity contribution in [2.24, 2.45) is 0 Å². The third-order valence-electron chi connectivity index (χ3n) is 3.94. The summed E-state index contributed by atoms with van der Waals surface area (Å²) in [6.45, 7) is 0. The summed E-state index contributed by atoms with van der Waals surface area (Å²) in [5, 5.41) is 12.0. The fourth-order valence-corrected chi connectivity index (χ4v) is 2.51. The van der Waals surface area contributed by atoms with Gasteiger partial charge in [-0.1, -0.05) is 24.3 Å². The molecule has 1 aliphatic carbocycles. The third-order valence-corrected chi connectivity index (χ3v) is 3.94. The summed E-state index contributed by atoms with van der Waals surface area (Å²) < 4.78 is 0. The highest BCUT2D eigenvalue weighted by Crippen LogP contribution is 2.49. The van der Waals surface area contributed by atoms with Crippen LogP contribution in [-0.4, -0.2) is 5.91 Å². The summed E-state index contributed by atoms with van der Waals surface area (Å²) in [5.74, 6) is -0.0602. The van der Waals surface area contributed by atoms with Gasteiger partial charge < -0.3 is 11.1 Å². The molecular weight excluding hydrogens is 262 g/mol. The summed E-state index contributed by atoms with van der Waals surface area (Å²) in [6.07, 6.45) is 1.63. The number of anilines is 2. The van der Waals surface area contributed by atoms with E-state index in [2.05, 4.69) is 11.4 Å². The lowest BCUT2D eigenvalue weighted by molar-refractivity contribution is -0.118. The zero-order chi connectivity index (χ0) is 14.9. The summed E-state index contributed by atoms with van der Waals surface area (Å²) in [7, 11) is 0. The number of nitrogens with zero attached hydrogens (tertiary/aromatic N) is 1. The monoisotopic (exact) mass is 277 g/mol. The first-order valence-corrected chi connectivity index (χ1v) is 6.82. The van der Waals surface area contributed by atoms with E-state index in [9.17, 15) is 4.79 Å². The lowest BCUT2D eigenvalue weighted by Gasteiger charge is -2.16. The number of rotatable bonds is 3. The maximum absolute atomic E-state index is 12.6. The van der Waals surface area contributed by atoms with Gasteiger partial charge in [-0.05, 0) is 42.7 Å². The molecule has 0 saturated heterocycles. The molecule has 4 nitrogen and oxygen atoms in total. The highest BCUT2D eigenvalue weighted by atomic mass is 16.2. The molecule has 21 heavy (non-hydrogen) atoms. The molecule has 1 aliphatic rings. The topological polar surface area (TPSA) is 78.9 Å². The summed E-state index contributed by atoms with van der Waals surface area (Å²) in [5.41, 5.74) is 7.91. The van der Waals surface area contributed by atoms with Gasteiger partial charge in [0.1, 0.15) is 6.07 Å².